The molecular weight excluding hydrogens is 230 g/mol. The molecule has 4 nitrogen and oxygen atoms in total. The van der Waals surface area contributed by atoms with Crippen LogP contribution >= 0.6 is 0 Å². The van der Waals surface area contributed by atoms with Gasteiger partial charge in [0.2, 0.25) is 0 Å². The zero-order valence-electron chi connectivity index (χ0n) is 11.7. The highest BCUT2D eigenvalue weighted by Gasteiger charge is 2.67. The molecule has 0 N–H and O–H groups in total. The molecule has 18 heavy (non-hydrogen) atoms. The minimum atomic E-state index is -0.424. The third kappa shape index (κ3) is 2.00. The van der Waals surface area contributed by atoms with E-state index in [-0.39, 0.29) is 23.8 Å². The Kier molecular flexibility index (Phi) is 2.47. The summed E-state index contributed by atoms with van der Waals surface area (Å²) in [5, 5.41) is 0. The summed E-state index contributed by atoms with van der Waals surface area (Å²) in [5.41, 5.74) is -0.301. The van der Waals surface area contributed by atoms with Gasteiger partial charge < -0.3 is 14.4 Å². The second-order valence-electron chi connectivity index (χ2n) is 7.02. The zero-order chi connectivity index (χ0) is 13.1. The summed E-state index contributed by atoms with van der Waals surface area (Å²) in [5.74, 6) is 0.755. The van der Waals surface area contributed by atoms with Gasteiger partial charge in [-0.3, -0.25) is 0 Å². The lowest BCUT2D eigenvalue weighted by atomic mass is 9.87. The van der Waals surface area contributed by atoms with Crippen LogP contribution in [-0.2, 0) is 9.47 Å². The molecule has 0 aromatic carbocycles. The first-order valence-corrected chi connectivity index (χ1v) is 6.99. The Hall–Kier alpha value is -0.770. The Morgan fingerprint density at radius 1 is 1.39 bits per heavy atom. The number of epoxide rings is 1. The van der Waals surface area contributed by atoms with Crippen molar-refractivity contribution in [3.63, 3.8) is 0 Å². The van der Waals surface area contributed by atoms with Gasteiger partial charge in [-0.2, -0.15) is 0 Å². The summed E-state index contributed by atoms with van der Waals surface area (Å²) in [4.78, 5) is 14.0. The van der Waals surface area contributed by atoms with Gasteiger partial charge in [0.25, 0.3) is 0 Å². The number of carbonyl (C=O) groups is 1. The number of amides is 1. The van der Waals surface area contributed by atoms with Crippen molar-refractivity contribution in [2.24, 2.45) is 5.92 Å². The van der Waals surface area contributed by atoms with Crippen molar-refractivity contribution in [2.45, 2.75) is 70.3 Å². The molecule has 1 amide bonds. The third-order valence-electron chi connectivity index (χ3n) is 4.25. The summed E-state index contributed by atoms with van der Waals surface area (Å²) < 4.78 is 11.4. The molecule has 3 fully saturated rings. The van der Waals surface area contributed by atoms with Crippen LogP contribution in [0.15, 0.2) is 0 Å². The quantitative estimate of drug-likeness (QED) is 0.674. The van der Waals surface area contributed by atoms with E-state index < -0.39 is 5.60 Å². The predicted molar refractivity (Wildman–Crippen MR) is 67.3 cm³/mol. The highest BCUT2D eigenvalue weighted by atomic mass is 16.6. The van der Waals surface area contributed by atoms with E-state index in [9.17, 15) is 4.79 Å². The van der Waals surface area contributed by atoms with Crippen LogP contribution in [0.3, 0.4) is 0 Å². The minimum Gasteiger partial charge on any atom is -0.444 e. The molecule has 3 rings (SSSR count). The Morgan fingerprint density at radius 3 is 2.61 bits per heavy atom. The van der Waals surface area contributed by atoms with Crippen LogP contribution in [0.4, 0.5) is 4.79 Å². The fourth-order valence-electron chi connectivity index (χ4n) is 3.21. The summed E-state index contributed by atoms with van der Waals surface area (Å²) in [6.07, 6.45) is 3.64. The predicted octanol–water partition coefficient (Wildman–Crippen LogP) is 2.56. The highest BCUT2D eigenvalue weighted by Crippen LogP contribution is 2.59. The van der Waals surface area contributed by atoms with Crippen molar-refractivity contribution in [1.82, 2.24) is 4.90 Å². The van der Waals surface area contributed by atoms with E-state index in [1.165, 1.54) is 12.8 Å². The van der Waals surface area contributed by atoms with Crippen molar-refractivity contribution in [3.8, 4) is 0 Å². The number of nitrogens with zero attached hydrogens (tertiary/aromatic N) is 1. The van der Waals surface area contributed by atoms with E-state index >= 15 is 0 Å². The second kappa shape index (κ2) is 3.62. The highest BCUT2D eigenvalue weighted by molar-refractivity contribution is 5.69. The van der Waals surface area contributed by atoms with Gasteiger partial charge in [-0.25, -0.2) is 4.79 Å². The molecule has 1 aliphatic carbocycles. The van der Waals surface area contributed by atoms with Gasteiger partial charge in [0.05, 0.1) is 6.54 Å². The largest absolute Gasteiger partial charge is 0.444 e. The lowest BCUT2D eigenvalue weighted by molar-refractivity contribution is 0.0117. The van der Waals surface area contributed by atoms with E-state index in [1.54, 1.807) is 0 Å². The van der Waals surface area contributed by atoms with Crippen LogP contribution in [0.5, 0.6) is 0 Å². The zero-order valence-corrected chi connectivity index (χ0v) is 11.7. The molecule has 0 radical (unpaired) electrons. The lowest BCUT2D eigenvalue weighted by Gasteiger charge is -2.36. The smallest absolute Gasteiger partial charge is 0.410 e. The molecule has 2 aliphatic heterocycles. The maximum Gasteiger partial charge on any atom is 0.410 e. The number of rotatable bonds is 1. The van der Waals surface area contributed by atoms with Gasteiger partial charge in [-0.1, -0.05) is 0 Å². The summed E-state index contributed by atoms with van der Waals surface area (Å²) in [6, 6.07) is 0.221. The van der Waals surface area contributed by atoms with Gasteiger partial charge in [0, 0.05) is 6.04 Å². The number of likely N-dealkylation sites (tertiary alicyclic amines) is 1. The lowest BCUT2D eigenvalue weighted by Crippen LogP contribution is -2.50. The first-order chi connectivity index (χ1) is 8.32. The summed E-state index contributed by atoms with van der Waals surface area (Å²) >= 11 is 0. The summed E-state index contributed by atoms with van der Waals surface area (Å²) in [7, 11) is 0. The van der Waals surface area contributed by atoms with Crippen LogP contribution in [0.25, 0.3) is 0 Å². The number of ether oxygens (including phenoxy) is 2. The first-order valence-electron chi connectivity index (χ1n) is 6.99. The number of fused-ring (bicyclic) bond motifs is 1. The van der Waals surface area contributed by atoms with E-state index in [0.717, 1.165) is 12.3 Å². The van der Waals surface area contributed by atoms with E-state index in [1.807, 2.05) is 25.7 Å². The van der Waals surface area contributed by atoms with Gasteiger partial charge in [0.15, 0.2) is 0 Å². The Bertz CT molecular complexity index is 372. The van der Waals surface area contributed by atoms with Crippen LogP contribution in [-0.4, -0.2) is 40.9 Å². The number of hydrogen-bond acceptors (Lipinski definition) is 3. The van der Waals surface area contributed by atoms with Crippen molar-refractivity contribution >= 4 is 6.09 Å². The molecule has 4 heteroatoms. The molecule has 0 unspecified atom stereocenters. The van der Waals surface area contributed by atoms with Crippen LogP contribution < -0.4 is 0 Å². The molecule has 3 atom stereocenters. The van der Waals surface area contributed by atoms with Crippen molar-refractivity contribution in [2.75, 3.05) is 6.54 Å². The first kappa shape index (κ1) is 12.3. The van der Waals surface area contributed by atoms with Gasteiger partial charge in [-0.15, -0.1) is 0 Å². The molecule has 0 spiro atoms. The normalized spacial score (nSPS) is 39.2. The molecule has 2 saturated heterocycles. The van der Waals surface area contributed by atoms with Gasteiger partial charge in [-0.05, 0) is 52.9 Å². The maximum atomic E-state index is 12.1. The topological polar surface area (TPSA) is 42.1 Å². The number of piperidine rings is 1. The maximum absolute atomic E-state index is 12.1. The molecule has 3 aliphatic rings. The fraction of sp³-hybridized carbons (Fsp3) is 0.929. The Morgan fingerprint density at radius 2 is 2.06 bits per heavy atom. The Balaban J connectivity index is 1.64. The second-order valence-corrected chi connectivity index (χ2v) is 7.02. The fourth-order valence-corrected chi connectivity index (χ4v) is 3.21. The van der Waals surface area contributed by atoms with Crippen LogP contribution in [0.1, 0.15) is 47.0 Å². The Labute approximate surface area is 109 Å². The molecule has 102 valence electrons. The SMILES string of the molecule is C[C@@H]1C[C@]2(C3CC3)O[C@@H]2CN1C(=O)OC(C)(C)C. The van der Waals surface area contributed by atoms with E-state index in [2.05, 4.69) is 6.92 Å². The molecular formula is C14H23NO3. The number of hydrogen-bond donors (Lipinski definition) is 0. The standard InChI is InChI=1S/C14H23NO3/c1-9-7-14(10-5-6-10)11(17-14)8-15(9)12(16)18-13(2,3)4/h9-11H,5-8H2,1-4H3/t9-,11-,14-/m1/s1. The van der Waals surface area contributed by atoms with Crippen molar-refractivity contribution < 1.29 is 14.3 Å². The monoisotopic (exact) mass is 253 g/mol. The van der Waals surface area contributed by atoms with Crippen molar-refractivity contribution in [3.05, 3.63) is 0 Å². The number of carbonyl (C=O) groups excluding carboxylic acids is 1. The van der Waals surface area contributed by atoms with Crippen LogP contribution in [0, 0.1) is 5.92 Å². The minimum absolute atomic E-state index is 0.123. The van der Waals surface area contributed by atoms with Crippen LogP contribution in [0.2, 0.25) is 0 Å². The average molecular weight is 253 g/mol. The van der Waals surface area contributed by atoms with E-state index in [4.69, 9.17) is 9.47 Å². The van der Waals surface area contributed by atoms with Gasteiger partial charge in [0.1, 0.15) is 17.3 Å². The van der Waals surface area contributed by atoms with Crippen molar-refractivity contribution in [1.29, 1.82) is 0 Å². The molecule has 0 aromatic heterocycles. The average Bonchev–Trinajstić information content (AvgIpc) is 3.08. The molecule has 1 saturated carbocycles. The van der Waals surface area contributed by atoms with E-state index in [0.29, 0.717) is 6.54 Å². The van der Waals surface area contributed by atoms with Gasteiger partial charge >= 0.3 is 6.09 Å². The third-order valence-corrected chi connectivity index (χ3v) is 4.25. The summed E-state index contributed by atoms with van der Waals surface area (Å²) in [6.45, 7) is 8.52. The molecule has 0 aromatic rings. The molecule has 0 bridgehead atoms. The molecule has 2 heterocycles.